The van der Waals surface area contributed by atoms with Gasteiger partial charge in [0.05, 0.1) is 12.5 Å². The summed E-state index contributed by atoms with van der Waals surface area (Å²) in [5.41, 5.74) is 6.14. The Hall–Kier alpha value is -1.24. The second-order valence-electron chi connectivity index (χ2n) is 2.67. The lowest BCUT2D eigenvalue weighted by atomic mass is 10.0. The van der Waals surface area contributed by atoms with E-state index in [1.165, 1.54) is 6.07 Å². The largest absolute Gasteiger partial charge is 0.508 e. The van der Waals surface area contributed by atoms with E-state index < -0.39 is 6.04 Å². The molecule has 4 heteroatoms. The maximum absolute atomic E-state index is 9.38. The van der Waals surface area contributed by atoms with E-state index >= 15 is 0 Å². The molecule has 3 nitrogen and oxygen atoms in total. The Kier molecular flexibility index (Phi) is 3.13. The van der Waals surface area contributed by atoms with Crippen molar-refractivity contribution < 1.29 is 5.11 Å². The molecule has 0 spiro atoms. The number of hydrogen-bond acceptors (Lipinski definition) is 3. The number of aromatic hydroxyl groups is 1. The van der Waals surface area contributed by atoms with Gasteiger partial charge in [0.2, 0.25) is 0 Å². The molecule has 0 saturated carbocycles. The number of nitriles is 1. The second-order valence-corrected chi connectivity index (χ2v) is 3.11. The van der Waals surface area contributed by atoms with Gasteiger partial charge in [0, 0.05) is 16.6 Å². The molecule has 0 bridgehead atoms. The van der Waals surface area contributed by atoms with E-state index in [9.17, 15) is 5.11 Å². The number of benzene rings is 1. The summed E-state index contributed by atoms with van der Waals surface area (Å²) in [7, 11) is 0. The Morgan fingerprint density at radius 2 is 2.31 bits per heavy atom. The molecule has 0 aliphatic rings. The minimum atomic E-state index is -0.483. The normalized spacial score (nSPS) is 12.1. The lowest BCUT2D eigenvalue weighted by molar-refractivity contribution is 0.462. The number of phenolic OH excluding ortho intramolecular Hbond substituents is 1. The second kappa shape index (κ2) is 4.13. The summed E-state index contributed by atoms with van der Waals surface area (Å²) in [4.78, 5) is 0. The lowest BCUT2D eigenvalue weighted by Gasteiger charge is -2.09. The SMILES string of the molecule is N#CCC(N)c1cc(Cl)ccc1O. The van der Waals surface area contributed by atoms with Crippen LogP contribution in [-0.4, -0.2) is 5.11 Å². The smallest absolute Gasteiger partial charge is 0.120 e. The number of rotatable bonds is 2. The molecule has 0 amide bonds. The lowest BCUT2D eigenvalue weighted by Crippen LogP contribution is -2.09. The first-order valence-electron chi connectivity index (χ1n) is 3.76. The Morgan fingerprint density at radius 1 is 1.62 bits per heavy atom. The van der Waals surface area contributed by atoms with Gasteiger partial charge in [-0.3, -0.25) is 0 Å². The standard InChI is InChI=1S/C9H9ClN2O/c10-6-1-2-9(13)7(5-6)8(12)3-4-11/h1-2,5,8,13H,3,12H2. The summed E-state index contributed by atoms with van der Waals surface area (Å²) in [5.74, 6) is 0.0761. The molecule has 13 heavy (non-hydrogen) atoms. The number of phenols is 1. The molecule has 68 valence electrons. The monoisotopic (exact) mass is 196 g/mol. The van der Waals surface area contributed by atoms with E-state index in [2.05, 4.69) is 0 Å². The molecule has 0 fully saturated rings. The van der Waals surface area contributed by atoms with Crippen molar-refractivity contribution in [1.29, 1.82) is 5.26 Å². The predicted octanol–water partition coefficient (Wildman–Crippen LogP) is 1.96. The number of nitrogens with zero attached hydrogens (tertiary/aromatic N) is 1. The van der Waals surface area contributed by atoms with E-state index in [0.29, 0.717) is 10.6 Å². The van der Waals surface area contributed by atoms with Crippen LogP contribution in [0.4, 0.5) is 0 Å². The molecular formula is C9H9ClN2O. The highest BCUT2D eigenvalue weighted by molar-refractivity contribution is 6.30. The fraction of sp³-hybridized carbons (Fsp3) is 0.222. The quantitative estimate of drug-likeness (QED) is 0.760. The van der Waals surface area contributed by atoms with E-state index in [1.807, 2.05) is 6.07 Å². The van der Waals surface area contributed by atoms with E-state index in [1.54, 1.807) is 12.1 Å². The van der Waals surface area contributed by atoms with Crippen molar-refractivity contribution in [3.63, 3.8) is 0 Å². The summed E-state index contributed by atoms with van der Waals surface area (Å²) >= 11 is 5.71. The highest BCUT2D eigenvalue weighted by Crippen LogP contribution is 2.27. The summed E-state index contributed by atoms with van der Waals surface area (Å²) in [6.45, 7) is 0. The van der Waals surface area contributed by atoms with Gasteiger partial charge >= 0.3 is 0 Å². The summed E-state index contributed by atoms with van der Waals surface area (Å²) in [6.07, 6.45) is 0.161. The van der Waals surface area contributed by atoms with Crippen LogP contribution in [0.5, 0.6) is 5.75 Å². The zero-order chi connectivity index (χ0) is 9.84. The third-order valence-electron chi connectivity index (χ3n) is 1.70. The zero-order valence-electron chi connectivity index (χ0n) is 6.87. The van der Waals surface area contributed by atoms with Gasteiger partial charge in [-0.1, -0.05) is 11.6 Å². The highest BCUT2D eigenvalue weighted by atomic mass is 35.5. The van der Waals surface area contributed by atoms with Crippen molar-refractivity contribution in [3.8, 4) is 11.8 Å². The molecule has 0 aliphatic carbocycles. The van der Waals surface area contributed by atoms with Crippen LogP contribution < -0.4 is 5.73 Å². The first kappa shape index (κ1) is 9.85. The molecule has 3 N–H and O–H groups in total. The topological polar surface area (TPSA) is 70.0 Å². The molecule has 0 aliphatic heterocycles. The van der Waals surface area contributed by atoms with Gasteiger partial charge < -0.3 is 10.8 Å². The average molecular weight is 197 g/mol. The van der Waals surface area contributed by atoms with Gasteiger partial charge in [-0.05, 0) is 18.2 Å². The molecule has 1 atom stereocenters. The van der Waals surface area contributed by atoms with Crippen molar-refractivity contribution in [2.75, 3.05) is 0 Å². The Balaban J connectivity index is 3.00. The van der Waals surface area contributed by atoms with Crippen LogP contribution in [0.1, 0.15) is 18.0 Å². The molecule has 0 heterocycles. The van der Waals surface area contributed by atoms with Gasteiger partial charge in [-0.15, -0.1) is 0 Å². The van der Waals surface area contributed by atoms with Gasteiger partial charge in [0.15, 0.2) is 0 Å². The van der Waals surface area contributed by atoms with Crippen LogP contribution in [0.15, 0.2) is 18.2 Å². The fourth-order valence-corrected chi connectivity index (χ4v) is 1.21. The van der Waals surface area contributed by atoms with E-state index in [4.69, 9.17) is 22.6 Å². The van der Waals surface area contributed by atoms with E-state index in [-0.39, 0.29) is 12.2 Å². The van der Waals surface area contributed by atoms with Crippen LogP contribution in [-0.2, 0) is 0 Å². The summed E-state index contributed by atoms with van der Waals surface area (Å²) in [5, 5.41) is 18.3. The van der Waals surface area contributed by atoms with Crippen LogP contribution in [0, 0.1) is 11.3 Å². The molecule has 0 aromatic heterocycles. The first-order chi connectivity index (χ1) is 6.15. The third kappa shape index (κ3) is 2.35. The molecule has 0 radical (unpaired) electrons. The summed E-state index contributed by atoms with van der Waals surface area (Å²) in [6, 6.07) is 6.06. The molecule has 0 saturated heterocycles. The van der Waals surface area contributed by atoms with Crippen molar-refractivity contribution in [1.82, 2.24) is 0 Å². The van der Waals surface area contributed by atoms with Crippen LogP contribution in [0.3, 0.4) is 0 Å². The van der Waals surface area contributed by atoms with Gasteiger partial charge in [-0.25, -0.2) is 0 Å². The van der Waals surface area contributed by atoms with Gasteiger partial charge in [0.1, 0.15) is 5.75 Å². The number of nitrogens with two attached hydrogens (primary N) is 1. The first-order valence-corrected chi connectivity index (χ1v) is 4.14. The molecule has 1 rings (SSSR count). The molecule has 1 aromatic carbocycles. The van der Waals surface area contributed by atoms with Gasteiger partial charge in [0.25, 0.3) is 0 Å². The average Bonchev–Trinajstić information content (AvgIpc) is 2.09. The van der Waals surface area contributed by atoms with Crippen molar-refractivity contribution in [2.24, 2.45) is 5.73 Å². The van der Waals surface area contributed by atoms with E-state index in [0.717, 1.165) is 0 Å². The van der Waals surface area contributed by atoms with Crippen LogP contribution in [0.25, 0.3) is 0 Å². The number of halogens is 1. The minimum Gasteiger partial charge on any atom is -0.508 e. The molecule has 1 unspecified atom stereocenters. The Labute approximate surface area is 81.4 Å². The van der Waals surface area contributed by atoms with Crippen molar-refractivity contribution in [2.45, 2.75) is 12.5 Å². The van der Waals surface area contributed by atoms with Crippen molar-refractivity contribution in [3.05, 3.63) is 28.8 Å². The number of hydrogen-bond donors (Lipinski definition) is 2. The Morgan fingerprint density at radius 3 is 2.92 bits per heavy atom. The minimum absolute atomic E-state index is 0.0761. The maximum Gasteiger partial charge on any atom is 0.120 e. The van der Waals surface area contributed by atoms with Crippen LogP contribution in [0.2, 0.25) is 5.02 Å². The Bertz CT molecular complexity index is 346. The third-order valence-corrected chi connectivity index (χ3v) is 1.94. The van der Waals surface area contributed by atoms with Gasteiger partial charge in [-0.2, -0.15) is 5.26 Å². The molecular weight excluding hydrogens is 188 g/mol. The molecule has 1 aromatic rings. The zero-order valence-corrected chi connectivity index (χ0v) is 7.62. The van der Waals surface area contributed by atoms with Crippen molar-refractivity contribution >= 4 is 11.6 Å². The highest BCUT2D eigenvalue weighted by Gasteiger charge is 2.10. The maximum atomic E-state index is 9.38. The van der Waals surface area contributed by atoms with Crippen LogP contribution >= 0.6 is 11.6 Å². The predicted molar refractivity (Wildman–Crippen MR) is 50.3 cm³/mol. The summed E-state index contributed by atoms with van der Waals surface area (Å²) < 4.78 is 0. The fourth-order valence-electron chi connectivity index (χ4n) is 1.03.